The van der Waals surface area contributed by atoms with Crippen molar-refractivity contribution in [2.24, 2.45) is 0 Å². The molecule has 0 unspecified atom stereocenters. The van der Waals surface area contributed by atoms with Gasteiger partial charge in [-0.05, 0) is 36.7 Å². The summed E-state index contributed by atoms with van der Waals surface area (Å²) in [7, 11) is 1.18. The number of carbonyl (C=O) groups excluding carboxylic acids is 1. The zero-order valence-corrected chi connectivity index (χ0v) is 14.3. The zero-order valence-electron chi connectivity index (χ0n) is 11.1. The van der Waals surface area contributed by atoms with Gasteiger partial charge < -0.3 is 13.9 Å². The minimum Gasteiger partial charge on any atom is -0.457 e. The third kappa shape index (κ3) is 5.43. The van der Waals surface area contributed by atoms with E-state index in [-0.39, 0.29) is 34.1 Å². The Balaban J connectivity index is 2.61. The van der Waals surface area contributed by atoms with Crippen LogP contribution in [0.4, 0.5) is 0 Å². The van der Waals surface area contributed by atoms with Gasteiger partial charge in [-0.3, -0.25) is 0 Å². The maximum absolute atomic E-state index is 11.6. The molecule has 0 bridgehead atoms. The van der Waals surface area contributed by atoms with Crippen LogP contribution in [0.15, 0.2) is 20.0 Å². The van der Waals surface area contributed by atoms with Crippen molar-refractivity contribution in [2.45, 2.75) is 31.3 Å². The second-order valence-corrected chi connectivity index (χ2v) is 8.04. The van der Waals surface area contributed by atoms with Gasteiger partial charge in [0.15, 0.2) is 4.67 Å². The third-order valence-corrected chi connectivity index (χ3v) is 4.15. The Morgan fingerprint density at radius 3 is 2.45 bits per heavy atom. The van der Waals surface area contributed by atoms with Gasteiger partial charge in [0.05, 0.1) is 12.2 Å². The first-order valence-electron chi connectivity index (χ1n) is 5.56. The first kappa shape index (κ1) is 17.5. The molecule has 0 aliphatic rings. The fourth-order valence-corrected chi connectivity index (χ4v) is 3.21. The second kappa shape index (κ2) is 6.46. The maximum atomic E-state index is 11.6. The molecule has 0 aromatic carbocycles. The predicted molar refractivity (Wildman–Crippen MR) is 75.4 cm³/mol. The Bertz CT molecular complexity index is 587. The van der Waals surface area contributed by atoms with E-state index in [4.69, 9.17) is 24.6 Å². The molecule has 0 saturated heterocycles. The van der Waals surface area contributed by atoms with Crippen molar-refractivity contribution in [1.29, 1.82) is 0 Å². The van der Waals surface area contributed by atoms with E-state index in [1.165, 1.54) is 0 Å². The van der Waals surface area contributed by atoms with Crippen molar-refractivity contribution >= 4 is 41.6 Å². The van der Waals surface area contributed by atoms with Gasteiger partial charge in [-0.25, -0.2) is 13.2 Å². The van der Waals surface area contributed by atoms with Crippen LogP contribution in [0, 0.1) is 0 Å². The summed E-state index contributed by atoms with van der Waals surface area (Å²) >= 11 is 2.87. The summed E-state index contributed by atoms with van der Waals surface area (Å²) in [5.41, 5.74) is -0.333. The van der Waals surface area contributed by atoms with Crippen LogP contribution in [0.5, 0.6) is 0 Å². The van der Waals surface area contributed by atoms with E-state index < -0.39 is 15.0 Å². The van der Waals surface area contributed by atoms with Gasteiger partial charge in [0.25, 0.3) is 9.05 Å². The van der Waals surface area contributed by atoms with E-state index in [0.717, 1.165) is 6.07 Å². The van der Waals surface area contributed by atoms with Gasteiger partial charge >= 0.3 is 5.97 Å². The molecule has 6 nitrogen and oxygen atoms in total. The van der Waals surface area contributed by atoms with E-state index >= 15 is 0 Å². The number of hydrogen-bond acceptors (Lipinski definition) is 6. The molecule has 1 aromatic rings. The number of esters is 1. The molecule has 0 amide bonds. The van der Waals surface area contributed by atoms with Crippen molar-refractivity contribution in [2.75, 3.05) is 13.2 Å². The Kier molecular flexibility index (Phi) is 5.65. The van der Waals surface area contributed by atoms with Crippen LogP contribution in [-0.2, 0) is 18.5 Å². The third-order valence-electron chi connectivity index (χ3n) is 1.97. The van der Waals surface area contributed by atoms with Crippen LogP contribution in [0.3, 0.4) is 0 Å². The SMILES string of the molecule is CC(C)(C)OCCOC(=O)c1cc(S(=O)(=O)Cl)c(Br)o1. The van der Waals surface area contributed by atoms with Crippen LogP contribution >= 0.6 is 26.6 Å². The monoisotopic (exact) mass is 388 g/mol. The number of ether oxygens (including phenoxy) is 2. The lowest BCUT2D eigenvalue weighted by molar-refractivity contribution is -0.0289. The zero-order chi connectivity index (χ0) is 15.6. The first-order valence-corrected chi connectivity index (χ1v) is 8.66. The maximum Gasteiger partial charge on any atom is 0.374 e. The van der Waals surface area contributed by atoms with Gasteiger partial charge in [-0.15, -0.1) is 0 Å². The normalized spacial score (nSPS) is 12.4. The number of furan rings is 1. The van der Waals surface area contributed by atoms with Gasteiger partial charge in [0.1, 0.15) is 11.5 Å². The molecule has 0 aliphatic carbocycles. The van der Waals surface area contributed by atoms with Gasteiger partial charge in [-0.2, -0.15) is 0 Å². The summed E-state index contributed by atoms with van der Waals surface area (Å²) in [6.45, 7) is 5.86. The van der Waals surface area contributed by atoms with Crippen molar-refractivity contribution in [3.63, 3.8) is 0 Å². The largest absolute Gasteiger partial charge is 0.457 e. The molecule has 0 spiro atoms. The van der Waals surface area contributed by atoms with Gasteiger partial charge in [-0.1, -0.05) is 0 Å². The minimum absolute atomic E-state index is 0.0252. The molecule has 9 heteroatoms. The number of rotatable bonds is 5. The summed E-state index contributed by atoms with van der Waals surface area (Å²) in [6.07, 6.45) is 0. The Labute approximate surface area is 129 Å². The fraction of sp³-hybridized carbons (Fsp3) is 0.545. The highest BCUT2D eigenvalue weighted by Crippen LogP contribution is 2.29. The molecule has 1 heterocycles. The fourth-order valence-electron chi connectivity index (χ4n) is 1.17. The molecule has 0 aliphatic heterocycles. The van der Waals surface area contributed by atoms with Crippen LogP contribution in [0.2, 0.25) is 0 Å². The highest BCUT2D eigenvalue weighted by atomic mass is 79.9. The van der Waals surface area contributed by atoms with Crippen molar-refractivity contribution in [1.82, 2.24) is 0 Å². The van der Waals surface area contributed by atoms with E-state index in [1.807, 2.05) is 20.8 Å². The van der Waals surface area contributed by atoms with Gasteiger partial charge in [0, 0.05) is 16.7 Å². The summed E-state index contributed by atoms with van der Waals surface area (Å²) in [5.74, 6) is -1.05. The first-order chi connectivity index (χ1) is 9.00. The number of hydrogen-bond donors (Lipinski definition) is 0. The Morgan fingerprint density at radius 2 is 2.00 bits per heavy atom. The lowest BCUT2D eigenvalue weighted by Gasteiger charge is -2.19. The van der Waals surface area contributed by atoms with E-state index in [0.29, 0.717) is 0 Å². The highest BCUT2D eigenvalue weighted by molar-refractivity contribution is 9.10. The molecule has 1 rings (SSSR count). The van der Waals surface area contributed by atoms with Gasteiger partial charge in [0.2, 0.25) is 5.76 Å². The van der Waals surface area contributed by atoms with Crippen molar-refractivity contribution < 1.29 is 27.1 Å². The highest BCUT2D eigenvalue weighted by Gasteiger charge is 2.24. The van der Waals surface area contributed by atoms with Crippen LogP contribution in [0.1, 0.15) is 31.3 Å². The van der Waals surface area contributed by atoms with Crippen molar-refractivity contribution in [3.05, 3.63) is 16.5 Å². The molecule has 0 fully saturated rings. The Hall–Kier alpha value is -0.570. The summed E-state index contributed by atoms with van der Waals surface area (Å²) in [4.78, 5) is 11.3. The lowest BCUT2D eigenvalue weighted by atomic mass is 10.2. The molecule has 0 N–H and O–H groups in total. The Morgan fingerprint density at radius 1 is 1.40 bits per heavy atom. The summed E-state index contributed by atoms with van der Waals surface area (Å²) in [6, 6.07) is 0.999. The van der Waals surface area contributed by atoms with E-state index in [2.05, 4.69) is 15.9 Å². The standard InChI is InChI=1S/C11H14BrClO6S/c1-11(2,3)18-5-4-17-10(14)7-6-8(9(12)19-7)20(13,15)16/h6H,4-5H2,1-3H3. The topological polar surface area (TPSA) is 82.8 Å². The number of carbonyl (C=O) groups is 1. The molecule has 0 atom stereocenters. The van der Waals surface area contributed by atoms with E-state index in [9.17, 15) is 13.2 Å². The molecule has 114 valence electrons. The quantitative estimate of drug-likeness (QED) is 0.437. The van der Waals surface area contributed by atoms with Crippen LogP contribution in [0.25, 0.3) is 0 Å². The average Bonchev–Trinajstić information content (AvgIpc) is 2.65. The molecule has 1 aromatic heterocycles. The lowest BCUT2D eigenvalue weighted by Crippen LogP contribution is -2.22. The van der Waals surface area contributed by atoms with E-state index in [1.54, 1.807) is 0 Å². The number of halogens is 2. The minimum atomic E-state index is -3.99. The summed E-state index contributed by atoms with van der Waals surface area (Å²) in [5, 5.41) is 0. The average molecular weight is 390 g/mol. The molecule has 0 saturated carbocycles. The second-order valence-electron chi connectivity index (χ2n) is 4.78. The van der Waals surface area contributed by atoms with Crippen molar-refractivity contribution in [3.8, 4) is 0 Å². The summed E-state index contributed by atoms with van der Waals surface area (Å²) < 4.78 is 37.4. The predicted octanol–water partition coefficient (Wildman–Crippen LogP) is 2.94. The van der Waals surface area contributed by atoms with Crippen LogP contribution < -0.4 is 0 Å². The molecular formula is C11H14BrClO6S. The molecule has 20 heavy (non-hydrogen) atoms. The molecule has 0 radical (unpaired) electrons. The van der Waals surface area contributed by atoms with Crippen LogP contribution in [-0.4, -0.2) is 33.2 Å². The smallest absolute Gasteiger partial charge is 0.374 e. The molecular weight excluding hydrogens is 376 g/mol.